The number of quaternary nitrogens is 1. The number of ether oxygens (including phenoxy) is 1. The second-order valence-electron chi connectivity index (χ2n) is 10.9. The van der Waals surface area contributed by atoms with E-state index in [2.05, 4.69) is 24.0 Å². The van der Waals surface area contributed by atoms with Gasteiger partial charge in [0.25, 0.3) is 5.54 Å². The van der Waals surface area contributed by atoms with E-state index < -0.39 is 57.6 Å². The number of piperidine rings is 1. The molecular weight excluding hydrogens is 570 g/mol. The molecule has 0 spiro atoms. The first-order valence-electron chi connectivity index (χ1n) is 13.9. The molecule has 3 atom stereocenters. The number of fused-ring (bicyclic) bond motifs is 1. The Morgan fingerprint density at radius 1 is 1.02 bits per heavy atom. The number of hydrogen-bond donors (Lipinski definition) is 3. The molecule has 43 heavy (non-hydrogen) atoms. The van der Waals surface area contributed by atoms with Gasteiger partial charge >= 0.3 is 17.8 Å². The zero-order chi connectivity index (χ0) is 31.5. The molecule has 2 aliphatic heterocycles. The SMILES string of the molecule is COC(=O)[C@@]1([C@H](S)[N+]2(O)C(=O)c3ccccc3C2=O)C(=O)CCC(=O)N1[C@@H](C=C(C)CCC=C(C)C)Nc1ccccc1. The average Bonchev–Trinajstić information content (AvgIpc) is 3.19. The second kappa shape index (κ2) is 12.7. The maximum absolute atomic E-state index is 14.0. The molecule has 2 heterocycles. The van der Waals surface area contributed by atoms with Crippen molar-refractivity contribution in [1.82, 2.24) is 4.90 Å². The summed E-state index contributed by atoms with van der Waals surface area (Å²) in [4.78, 5) is 70.1. The number of ketones is 1. The van der Waals surface area contributed by atoms with Gasteiger partial charge in [-0.2, -0.15) is 5.21 Å². The number of carbonyl (C=O) groups excluding carboxylic acids is 5. The van der Waals surface area contributed by atoms with E-state index in [1.54, 1.807) is 36.4 Å². The molecule has 0 saturated carbocycles. The molecule has 2 aromatic carbocycles. The standard InChI is InChI=1S/C32H35N3O7S/c1-20(2)11-10-12-21(3)19-26(33-22-13-6-5-7-14-22)34-27(37)18-17-25(36)32(34,31(40)42-4)30(43)35(41)28(38)23-15-8-9-16-24(23)29(35)39/h5-9,11,13-16,19,26,30,33,41H,10,12,17-18H2,1-4H3/p+1/t26-,30-,32-/m0/s1. The smallest absolute Gasteiger partial charge is 0.387 e. The zero-order valence-corrected chi connectivity index (χ0v) is 25.5. The zero-order valence-electron chi connectivity index (χ0n) is 24.6. The first-order chi connectivity index (χ1) is 20.4. The van der Waals surface area contributed by atoms with Crippen LogP contribution in [0.1, 0.15) is 67.2 Å². The number of benzene rings is 2. The van der Waals surface area contributed by atoms with E-state index in [9.17, 15) is 29.2 Å². The van der Waals surface area contributed by atoms with Gasteiger partial charge in [-0.05, 0) is 68.6 Å². The summed E-state index contributed by atoms with van der Waals surface area (Å²) in [6, 6.07) is 14.6. The summed E-state index contributed by atoms with van der Waals surface area (Å²) in [7, 11) is 1.03. The molecule has 0 aromatic heterocycles. The van der Waals surface area contributed by atoms with Crippen molar-refractivity contribution in [3.63, 3.8) is 0 Å². The van der Waals surface area contributed by atoms with Gasteiger partial charge < -0.3 is 10.1 Å². The fourth-order valence-electron chi connectivity index (χ4n) is 5.61. The third kappa shape index (κ3) is 5.55. The Hall–Kier alpha value is -4.06. The highest BCUT2D eigenvalue weighted by Gasteiger charge is 2.73. The fraction of sp³-hybridized carbons (Fsp3) is 0.344. The quantitative estimate of drug-likeness (QED) is 0.0677. The van der Waals surface area contributed by atoms with Crippen molar-refractivity contribution >= 4 is 47.8 Å². The molecule has 2 N–H and O–H groups in total. The number of hydrogen-bond acceptors (Lipinski definition) is 9. The van der Waals surface area contributed by atoms with Crippen molar-refractivity contribution in [1.29, 1.82) is 0 Å². The molecule has 0 aliphatic carbocycles. The van der Waals surface area contributed by atoms with E-state index in [4.69, 9.17) is 4.74 Å². The molecule has 4 rings (SSSR count). The minimum Gasteiger partial charge on any atom is -0.467 e. The average molecular weight is 607 g/mol. The number of hydroxylamine groups is 3. The predicted molar refractivity (Wildman–Crippen MR) is 162 cm³/mol. The van der Waals surface area contributed by atoms with E-state index in [0.717, 1.165) is 23.2 Å². The monoisotopic (exact) mass is 606 g/mol. The molecule has 10 nitrogen and oxygen atoms in total. The van der Waals surface area contributed by atoms with Gasteiger partial charge in [-0.3, -0.25) is 14.5 Å². The van der Waals surface area contributed by atoms with E-state index >= 15 is 0 Å². The molecule has 2 aromatic rings. The van der Waals surface area contributed by atoms with Crippen LogP contribution in [0.25, 0.3) is 0 Å². The van der Waals surface area contributed by atoms with Gasteiger partial charge in [0, 0.05) is 18.5 Å². The summed E-state index contributed by atoms with van der Waals surface area (Å²) in [5, 5.41) is 13.0. The highest BCUT2D eigenvalue weighted by molar-refractivity contribution is 7.81. The maximum Gasteiger partial charge on any atom is 0.387 e. The van der Waals surface area contributed by atoms with Crippen molar-refractivity contribution in [3.05, 3.63) is 89.0 Å². The van der Waals surface area contributed by atoms with Crippen molar-refractivity contribution in [3.8, 4) is 0 Å². The van der Waals surface area contributed by atoms with Crippen molar-refractivity contribution in [2.45, 2.75) is 63.5 Å². The number of anilines is 1. The van der Waals surface area contributed by atoms with Crippen molar-refractivity contribution in [2.24, 2.45) is 0 Å². The number of nitrogens with one attached hydrogen (secondary N) is 1. The fourth-order valence-corrected chi connectivity index (χ4v) is 6.20. The highest BCUT2D eigenvalue weighted by Crippen LogP contribution is 2.43. The molecule has 1 saturated heterocycles. The Morgan fingerprint density at radius 3 is 2.16 bits per heavy atom. The first kappa shape index (κ1) is 31.9. The van der Waals surface area contributed by atoms with Crippen LogP contribution in [0.4, 0.5) is 5.69 Å². The summed E-state index contributed by atoms with van der Waals surface area (Å²) in [5.74, 6) is -4.83. The Balaban J connectivity index is 1.92. The lowest BCUT2D eigenvalue weighted by Gasteiger charge is -2.49. The Bertz CT molecular complexity index is 1470. The van der Waals surface area contributed by atoms with Crippen LogP contribution in [-0.2, 0) is 19.1 Å². The highest BCUT2D eigenvalue weighted by atomic mass is 32.1. The Morgan fingerprint density at radius 2 is 1.60 bits per heavy atom. The molecular formula is C32H36N3O7S+. The number of methoxy groups -OCH3 is 1. The van der Waals surface area contributed by atoms with Crippen LogP contribution in [0.15, 0.2) is 77.9 Å². The number of allylic oxidation sites excluding steroid dienone is 3. The van der Waals surface area contributed by atoms with Crippen LogP contribution in [0.2, 0.25) is 0 Å². The molecule has 3 amide bonds. The van der Waals surface area contributed by atoms with Gasteiger partial charge in [0.1, 0.15) is 6.17 Å². The number of nitrogens with zero attached hydrogens (tertiary/aromatic N) is 2. The third-order valence-electron chi connectivity index (χ3n) is 7.77. The number of carbonyl (C=O) groups is 5. The lowest BCUT2D eigenvalue weighted by Crippen LogP contribution is -2.78. The molecule has 1 fully saturated rings. The van der Waals surface area contributed by atoms with Crippen LogP contribution >= 0.6 is 12.6 Å². The summed E-state index contributed by atoms with van der Waals surface area (Å²) in [5.41, 5.74) is -0.314. The topological polar surface area (TPSA) is 130 Å². The van der Waals surface area contributed by atoms with Crippen LogP contribution in [-0.4, -0.2) is 68.4 Å². The summed E-state index contributed by atoms with van der Waals surface area (Å²) < 4.78 is 3.08. The number of imide groups is 1. The number of likely N-dealkylation sites (tertiary alicyclic amines) is 1. The largest absolute Gasteiger partial charge is 0.467 e. The first-order valence-corrected chi connectivity index (χ1v) is 14.5. The number of amides is 3. The summed E-state index contributed by atoms with van der Waals surface area (Å²) >= 11 is 4.51. The van der Waals surface area contributed by atoms with Gasteiger partial charge in [0.05, 0.1) is 18.2 Å². The molecule has 226 valence electrons. The van der Waals surface area contributed by atoms with E-state index in [1.807, 2.05) is 20.8 Å². The van der Waals surface area contributed by atoms with E-state index in [0.29, 0.717) is 18.5 Å². The summed E-state index contributed by atoms with van der Waals surface area (Å²) in [6.07, 6.45) is 3.32. The number of Topliss-reactive ketones (excluding diaryl/α,β-unsaturated/α-hetero) is 1. The molecule has 0 unspecified atom stereocenters. The normalized spacial score (nSPS) is 21.3. The third-order valence-corrected chi connectivity index (χ3v) is 8.48. The van der Waals surface area contributed by atoms with Gasteiger partial charge in [0.15, 0.2) is 5.78 Å². The van der Waals surface area contributed by atoms with Crippen molar-refractivity contribution < 1.29 is 38.6 Å². The minimum absolute atomic E-state index is 0.0934. The van der Waals surface area contributed by atoms with Crippen LogP contribution in [0.3, 0.4) is 0 Å². The lowest BCUT2D eigenvalue weighted by atomic mass is 9.82. The number of rotatable bonds is 10. The number of para-hydroxylation sites is 1. The van der Waals surface area contributed by atoms with Gasteiger partial charge in [0.2, 0.25) is 11.3 Å². The Labute approximate surface area is 256 Å². The molecule has 2 aliphatic rings. The molecule has 11 heteroatoms. The van der Waals surface area contributed by atoms with Crippen molar-refractivity contribution in [2.75, 3.05) is 12.4 Å². The summed E-state index contributed by atoms with van der Waals surface area (Å²) in [6.45, 7) is 5.83. The molecule has 0 bridgehead atoms. The van der Waals surface area contributed by atoms with Gasteiger partial charge in [-0.25, -0.2) is 14.4 Å². The maximum atomic E-state index is 14.0. The second-order valence-corrected chi connectivity index (χ2v) is 11.4. The van der Waals surface area contributed by atoms with Crippen LogP contribution < -0.4 is 5.32 Å². The van der Waals surface area contributed by atoms with Gasteiger partial charge in [-0.1, -0.05) is 47.6 Å². The van der Waals surface area contributed by atoms with Crippen LogP contribution in [0.5, 0.6) is 0 Å². The van der Waals surface area contributed by atoms with Gasteiger partial charge in [-0.15, -0.1) is 12.6 Å². The lowest BCUT2D eigenvalue weighted by molar-refractivity contribution is -0.975. The number of thiol groups is 1. The van der Waals surface area contributed by atoms with E-state index in [1.165, 1.54) is 24.3 Å². The number of esters is 1. The predicted octanol–water partition coefficient (Wildman–Crippen LogP) is 4.68. The van der Waals surface area contributed by atoms with E-state index in [-0.39, 0.29) is 17.5 Å². The minimum atomic E-state index is -2.67. The Kier molecular flexibility index (Phi) is 9.38. The molecule has 0 radical (unpaired) electrons. The van der Waals surface area contributed by atoms with Crippen LogP contribution in [0, 0.1) is 0 Å².